The van der Waals surface area contributed by atoms with E-state index in [1.54, 1.807) is 12.3 Å². The largest absolute Gasteiger partial charge is 0.284 e. The van der Waals surface area contributed by atoms with Gasteiger partial charge < -0.3 is 0 Å². The van der Waals surface area contributed by atoms with Crippen LogP contribution >= 0.6 is 0 Å². The Hall–Kier alpha value is -3.70. The highest BCUT2D eigenvalue weighted by molar-refractivity contribution is 7.92. The van der Waals surface area contributed by atoms with Crippen molar-refractivity contribution in [3.8, 4) is 17.2 Å². The Morgan fingerprint density at radius 3 is 2.79 bits per heavy atom. The van der Waals surface area contributed by atoms with Gasteiger partial charge >= 0.3 is 0 Å². The second-order valence-electron chi connectivity index (χ2n) is 8.65. The molecule has 172 valence electrons. The quantitative estimate of drug-likeness (QED) is 0.405. The van der Waals surface area contributed by atoms with Crippen LogP contribution in [-0.2, 0) is 10.0 Å². The maximum absolute atomic E-state index is 12.1. The number of rotatable bonds is 6. The van der Waals surface area contributed by atoms with Gasteiger partial charge in [-0.05, 0) is 65.8 Å². The Kier molecular flexibility index (Phi) is 5.80. The number of aromatic nitrogens is 3. The lowest BCUT2D eigenvalue weighted by Gasteiger charge is -2.17. The Labute approximate surface area is 198 Å². The number of hydrogen-bond donors (Lipinski definition) is 1. The van der Waals surface area contributed by atoms with Gasteiger partial charge in [-0.15, -0.1) is 0 Å². The first kappa shape index (κ1) is 22.1. The lowest BCUT2D eigenvalue weighted by atomic mass is 9.88. The van der Waals surface area contributed by atoms with Crippen LogP contribution in [0.5, 0.6) is 0 Å². The lowest BCUT2D eigenvalue weighted by Crippen LogP contribution is -2.15. The van der Waals surface area contributed by atoms with Gasteiger partial charge in [0.15, 0.2) is 0 Å². The molecule has 0 amide bonds. The fourth-order valence-corrected chi connectivity index (χ4v) is 5.66. The third kappa shape index (κ3) is 4.27. The molecule has 7 nitrogen and oxygen atoms in total. The SMILES string of the molecule is CCCS(=O)(=O)Nc1ccc2cc(-c3cnn4ccnc(C5=CCC(C#N)CC5)c34)ccc2c1. The maximum atomic E-state index is 12.1. The molecule has 0 saturated carbocycles. The van der Waals surface area contributed by atoms with Crippen molar-refractivity contribution in [2.75, 3.05) is 10.5 Å². The molecule has 34 heavy (non-hydrogen) atoms. The standard InChI is InChI=1S/C26H25N5O2S/c1-2-13-34(32,33)30-23-10-9-20-14-22(8-7-21(20)15-23)24-17-29-31-12-11-28-25(26(24)31)19-5-3-18(16-27)4-6-19/h5,7-12,14-15,17-18,30H,2-4,6,13H2,1H3. The minimum absolute atomic E-state index is 0.0738. The molecular formula is C26H25N5O2S. The van der Waals surface area contributed by atoms with Gasteiger partial charge in [-0.2, -0.15) is 10.4 Å². The second kappa shape index (κ2) is 8.92. The second-order valence-corrected chi connectivity index (χ2v) is 10.5. The fourth-order valence-electron chi connectivity index (χ4n) is 4.53. The lowest BCUT2D eigenvalue weighted by molar-refractivity contribution is 0.600. The molecule has 0 spiro atoms. The van der Waals surface area contributed by atoms with Crippen molar-refractivity contribution < 1.29 is 8.42 Å². The summed E-state index contributed by atoms with van der Waals surface area (Å²) in [5.41, 5.74) is 5.59. The molecule has 0 aliphatic heterocycles. The van der Waals surface area contributed by atoms with E-state index in [0.717, 1.165) is 57.9 Å². The van der Waals surface area contributed by atoms with Crippen molar-refractivity contribution in [3.05, 3.63) is 66.8 Å². The van der Waals surface area contributed by atoms with Gasteiger partial charge in [0.25, 0.3) is 0 Å². The van der Waals surface area contributed by atoms with Crippen molar-refractivity contribution in [1.29, 1.82) is 5.26 Å². The molecule has 1 aliphatic carbocycles. The first-order chi connectivity index (χ1) is 16.5. The van der Waals surface area contributed by atoms with Crippen molar-refractivity contribution in [1.82, 2.24) is 14.6 Å². The van der Waals surface area contributed by atoms with Crippen LogP contribution in [-0.4, -0.2) is 28.8 Å². The summed E-state index contributed by atoms with van der Waals surface area (Å²) in [7, 11) is -3.33. The third-order valence-corrected chi connectivity index (χ3v) is 7.72. The summed E-state index contributed by atoms with van der Waals surface area (Å²) < 4.78 is 28.7. The summed E-state index contributed by atoms with van der Waals surface area (Å²) in [6, 6.07) is 14.1. The molecule has 1 N–H and O–H groups in total. The number of benzene rings is 2. The minimum Gasteiger partial charge on any atom is -0.284 e. The Morgan fingerprint density at radius 2 is 2.03 bits per heavy atom. The van der Waals surface area contributed by atoms with Crippen LogP contribution < -0.4 is 4.72 Å². The van der Waals surface area contributed by atoms with Gasteiger partial charge in [-0.25, -0.2) is 12.9 Å². The van der Waals surface area contributed by atoms with Crippen LogP contribution in [0.15, 0.2) is 61.1 Å². The van der Waals surface area contributed by atoms with Gasteiger partial charge in [0.05, 0.1) is 35.1 Å². The van der Waals surface area contributed by atoms with Crippen LogP contribution in [0.25, 0.3) is 33.0 Å². The van der Waals surface area contributed by atoms with E-state index in [4.69, 9.17) is 0 Å². The highest BCUT2D eigenvalue weighted by Crippen LogP contribution is 2.35. The number of anilines is 1. The number of nitrogens with one attached hydrogen (secondary N) is 1. The summed E-state index contributed by atoms with van der Waals surface area (Å²) in [6.45, 7) is 1.84. The van der Waals surface area contributed by atoms with E-state index in [1.807, 2.05) is 48.1 Å². The van der Waals surface area contributed by atoms with Crippen LogP contribution in [0.3, 0.4) is 0 Å². The van der Waals surface area contributed by atoms with Gasteiger partial charge in [-0.1, -0.05) is 31.2 Å². The summed E-state index contributed by atoms with van der Waals surface area (Å²) in [5.74, 6) is 0.174. The van der Waals surface area contributed by atoms with Crippen LogP contribution in [0.4, 0.5) is 5.69 Å². The molecule has 1 aliphatic rings. The summed E-state index contributed by atoms with van der Waals surface area (Å²) in [4.78, 5) is 4.69. The van der Waals surface area contributed by atoms with Gasteiger partial charge in [0.1, 0.15) is 0 Å². The first-order valence-electron chi connectivity index (χ1n) is 11.4. The van der Waals surface area contributed by atoms with E-state index in [1.165, 1.54) is 0 Å². The molecule has 2 aromatic carbocycles. The average molecular weight is 472 g/mol. The topological polar surface area (TPSA) is 100 Å². The normalized spacial score (nSPS) is 16.4. The number of fused-ring (bicyclic) bond motifs is 2. The molecule has 2 heterocycles. The minimum atomic E-state index is -3.33. The number of sulfonamides is 1. The zero-order chi connectivity index (χ0) is 23.7. The van der Waals surface area contributed by atoms with Crippen LogP contribution in [0.1, 0.15) is 38.3 Å². The third-order valence-electron chi connectivity index (χ3n) is 6.23. The highest BCUT2D eigenvalue weighted by Gasteiger charge is 2.20. The van der Waals surface area contributed by atoms with E-state index < -0.39 is 10.0 Å². The van der Waals surface area contributed by atoms with Crippen LogP contribution in [0, 0.1) is 17.2 Å². The monoisotopic (exact) mass is 471 g/mol. The van der Waals surface area contributed by atoms with Crippen molar-refractivity contribution in [2.24, 2.45) is 5.92 Å². The smallest absolute Gasteiger partial charge is 0.232 e. The summed E-state index contributed by atoms with van der Waals surface area (Å²) >= 11 is 0. The van der Waals surface area contributed by atoms with Gasteiger partial charge in [0, 0.05) is 23.6 Å². The van der Waals surface area contributed by atoms with Gasteiger partial charge in [-0.3, -0.25) is 9.71 Å². The van der Waals surface area contributed by atoms with Crippen molar-refractivity contribution in [2.45, 2.75) is 32.6 Å². The Balaban J connectivity index is 1.53. The Bertz CT molecular complexity index is 1560. The molecule has 8 heteroatoms. The zero-order valence-electron chi connectivity index (χ0n) is 18.9. The number of nitriles is 1. The summed E-state index contributed by atoms with van der Waals surface area (Å²) in [6.07, 6.45) is 10.6. The molecule has 0 bridgehead atoms. The number of hydrogen-bond acceptors (Lipinski definition) is 5. The Morgan fingerprint density at radius 1 is 1.21 bits per heavy atom. The van der Waals surface area contributed by atoms with E-state index >= 15 is 0 Å². The molecule has 2 aromatic heterocycles. The molecule has 0 radical (unpaired) electrons. The fraction of sp³-hybridized carbons (Fsp3) is 0.269. The predicted molar refractivity (Wildman–Crippen MR) is 135 cm³/mol. The summed E-state index contributed by atoms with van der Waals surface area (Å²) in [5, 5.41) is 15.7. The van der Waals surface area contributed by atoms with E-state index in [-0.39, 0.29) is 11.7 Å². The number of nitrogens with zero attached hydrogens (tertiary/aromatic N) is 4. The number of allylic oxidation sites excluding steroid dienone is 2. The van der Waals surface area contributed by atoms with E-state index in [2.05, 4.69) is 33.0 Å². The van der Waals surface area contributed by atoms with Crippen molar-refractivity contribution >= 4 is 37.6 Å². The predicted octanol–water partition coefficient (Wildman–Crippen LogP) is 5.41. The van der Waals surface area contributed by atoms with Crippen molar-refractivity contribution in [3.63, 3.8) is 0 Å². The first-order valence-corrected chi connectivity index (χ1v) is 13.1. The maximum Gasteiger partial charge on any atom is 0.232 e. The molecular weight excluding hydrogens is 446 g/mol. The molecule has 0 saturated heterocycles. The molecule has 1 unspecified atom stereocenters. The zero-order valence-corrected chi connectivity index (χ0v) is 19.7. The molecule has 4 aromatic rings. The average Bonchev–Trinajstić information content (AvgIpc) is 3.28. The van der Waals surface area contributed by atoms with E-state index in [0.29, 0.717) is 12.1 Å². The highest BCUT2D eigenvalue weighted by atomic mass is 32.2. The molecule has 0 fully saturated rings. The van der Waals surface area contributed by atoms with Gasteiger partial charge in [0.2, 0.25) is 10.0 Å². The van der Waals surface area contributed by atoms with E-state index in [9.17, 15) is 13.7 Å². The molecule has 1 atom stereocenters. The van der Waals surface area contributed by atoms with Crippen LogP contribution in [0.2, 0.25) is 0 Å². The molecule has 5 rings (SSSR count).